The monoisotopic (exact) mass is 158 g/mol. The Kier molecular flexibility index (Phi) is 4.21. The van der Waals surface area contributed by atoms with Crippen molar-refractivity contribution in [2.45, 2.75) is 0 Å². The van der Waals surface area contributed by atoms with Gasteiger partial charge in [-0.05, 0) is 0 Å². The molecule has 0 aromatic heterocycles. The van der Waals surface area contributed by atoms with Gasteiger partial charge in [-0.1, -0.05) is 11.8 Å². The van der Waals surface area contributed by atoms with E-state index in [0.29, 0.717) is 10.8 Å². The van der Waals surface area contributed by atoms with E-state index in [1.165, 1.54) is 0 Å². The standard InChI is InChI=1S/C4H2F4S/c5-3(6)1-9-2-4(7)8/h1-2H. The highest BCUT2D eigenvalue weighted by Gasteiger charge is 1.88. The lowest BCUT2D eigenvalue weighted by Gasteiger charge is -1.77. The molecule has 0 N–H and O–H groups in total. The molecule has 0 aliphatic carbocycles. The van der Waals surface area contributed by atoms with Crippen LogP contribution in [0.5, 0.6) is 0 Å². The summed E-state index contributed by atoms with van der Waals surface area (Å²) in [5.41, 5.74) is 0. The van der Waals surface area contributed by atoms with Gasteiger partial charge in [0.2, 0.25) is 0 Å². The normalized spacial score (nSPS) is 8.44. The topological polar surface area (TPSA) is 0 Å². The Morgan fingerprint density at radius 3 is 1.44 bits per heavy atom. The Morgan fingerprint density at radius 2 is 1.22 bits per heavy atom. The van der Waals surface area contributed by atoms with E-state index >= 15 is 0 Å². The van der Waals surface area contributed by atoms with Crippen LogP contribution in [-0.2, 0) is 0 Å². The largest absolute Gasteiger partial charge is 0.276 e. The lowest BCUT2D eigenvalue weighted by atomic mass is 11.1. The fourth-order valence-electron chi connectivity index (χ4n) is 0.137. The van der Waals surface area contributed by atoms with Crippen molar-refractivity contribution in [3.63, 3.8) is 0 Å². The summed E-state index contributed by atoms with van der Waals surface area (Å²) in [5.74, 6) is 0. The first-order chi connectivity index (χ1) is 4.13. The highest BCUT2D eigenvalue weighted by Crippen LogP contribution is 2.13. The molecule has 0 bridgehead atoms. The van der Waals surface area contributed by atoms with Gasteiger partial charge in [0.25, 0.3) is 12.2 Å². The van der Waals surface area contributed by atoms with Gasteiger partial charge in [0.1, 0.15) is 0 Å². The van der Waals surface area contributed by atoms with E-state index < -0.39 is 12.2 Å². The van der Waals surface area contributed by atoms with Crippen LogP contribution in [0.25, 0.3) is 0 Å². The molecule has 0 saturated carbocycles. The molecule has 0 aromatic rings. The number of thioether (sulfide) groups is 1. The Morgan fingerprint density at radius 1 is 0.889 bits per heavy atom. The van der Waals surface area contributed by atoms with Crippen molar-refractivity contribution in [3.05, 3.63) is 23.0 Å². The quantitative estimate of drug-likeness (QED) is 0.556. The molecule has 0 unspecified atom stereocenters. The summed E-state index contributed by atoms with van der Waals surface area (Å²) in [4.78, 5) is 0. The second-order valence-electron chi connectivity index (χ2n) is 0.951. The molecule has 52 valence electrons. The molecule has 0 fully saturated rings. The summed E-state index contributed by atoms with van der Waals surface area (Å²) in [5, 5.41) is 0.665. The minimum absolute atomic E-state index is 0.245. The number of rotatable bonds is 2. The first kappa shape index (κ1) is 8.55. The van der Waals surface area contributed by atoms with Crippen LogP contribution in [0.1, 0.15) is 0 Å². The second-order valence-corrected chi connectivity index (χ2v) is 1.69. The van der Waals surface area contributed by atoms with Crippen molar-refractivity contribution in [1.29, 1.82) is 0 Å². The Labute approximate surface area is 53.2 Å². The third-order valence-electron chi connectivity index (χ3n) is 0.314. The lowest BCUT2D eigenvalue weighted by Crippen LogP contribution is -1.53. The van der Waals surface area contributed by atoms with E-state index in [1.54, 1.807) is 0 Å². The molecule has 0 aromatic carbocycles. The highest BCUT2D eigenvalue weighted by atomic mass is 32.2. The van der Waals surface area contributed by atoms with Crippen LogP contribution in [0.3, 0.4) is 0 Å². The maximum absolute atomic E-state index is 11.1. The van der Waals surface area contributed by atoms with Crippen LogP contribution >= 0.6 is 11.8 Å². The molecule has 0 atom stereocenters. The van der Waals surface area contributed by atoms with Crippen LogP contribution < -0.4 is 0 Å². The highest BCUT2D eigenvalue weighted by molar-refractivity contribution is 8.04. The molecular formula is C4H2F4S. The van der Waals surface area contributed by atoms with E-state index in [1.807, 2.05) is 0 Å². The van der Waals surface area contributed by atoms with Gasteiger partial charge >= 0.3 is 0 Å². The summed E-state index contributed by atoms with van der Waals surface area (Å²) in [6.07, 6.45) is -3.95. The van der Waals surface area contributed by atoms with Crippen molar-refractivity contribution in [1.82, 2.24) is 0 Å². The third-order valence-corrected chi connectivity index (χ3v) is 0.943. The molecular weight excluding hydrogens is 156 g/mol. The molecule has 9 heavy (non-hydrogen) atoms. The summed E-state index contributed by atoms with van der Waals surface area (Å²) in [6, 6.07) is 0. The molecule has 0 aliphatic heterocycles. The van der Waals surface area contributed by atoms with Crippen molar-refractivity contribution >= 4 is 11.8 Å². The molecule has 0 saturated heterocycles. The second kappa shape index (κ2) is 4.43. The van der Waals surface area contributed by atoms with Gasteiger partial charge in [-0.3, -0.25) is 0 Å². The molecule has 0 radical (unpaired) electrons. The zero-order valence-electron chi connectivity index (χ0n) is 4.07. The zero-order valence-corrected chi connectivity index (χ0v) is 4.89. The molecule has 0 nitrogen and oxygen atoms in total. The summed E-state index contributed by atoms with van der Waals surface area (Å²) < 4.78 is 44.2. The van der Waals surface area contributed by atoms with Gasteiger partial charge in [0, 0.05) is 10.8 Å². The van der Waals surface area contributed by atoms with Gasteiger partial charge in [-0.25, -0.2) is 0 Å². The Hall–Kier alpha value is -0.450. The van der Waals surface area contributed by atoms with E-state index in [-0.39, 0.29) is 11.8 Å². The molecule has 0 aliphatic rings. The van der Waals surface area contributed by atoms with Gasteiger partial charge in [-0.15, -0.1) is 0 Å². The summed E-state index contributed by atoms with van der Waals surface area (Å²) in [6.45, 7) is 0. The van der Waals surface area contributed by atoms with Crippen LogP contribution in [0, 0.1) is 0 Å². The van der Waals surface area contributed by atoms with Gasteiger partial charge in [-0.2, -0.15) is 17.6 Å². The van der Waals surface area contributed by atoms with Crippen molar-refractivity contribution in [3.8, 4) is 0 Å². The molecule has 0 heterocycles. The van der Waals surface area contributed by atoms with Crippen molar-refractivity contribution < 1.29 is 17.6 Å². The fraction of sp³-hybridized carbons (Fsp3) is 0. The third kappa shape index (κ3) is 7.55. The SMILES string of the molecule is FC(F)=CSC=C(F)F. The maximum Gasteiger partial charge on any atom is 0.276 e. The lowest BCUT2D eigenvalue weighted by molar-refractivity contribution is 0.423. The average Bonchev–Trinajstić information content (AvgIpc) is 1.63. The maximum atomic E-state index is 11.1. The number of hydrogen-bond donors (Lipinski definition) is 0. The summed E-state index contributed by atoms with van der Waals surface area (Å²) >= 11 is 0.245. The smallest absolute Gasteiger partial charge is 0.173 e. The van der Waals surface area contributed by atoms with Gasteiger partial charge < -0.3 is 0 Å². The Bertz CT molecular complexity index is 116. The minimum Gasteiger partial charge on any atom is -0.173 e. The molecule has 0 spiro atoms. The van der Waals surface area contributed by atoms with E-state index in [9.17, 15) is 17.6 Å². The zero-order chi connectivity index (χ0) is 7.28. The van der Waals surface area contributed by atoms with E-state index in [0.717, 1.165) is 0 Å². The van der Waals surface area contributed by atoms with Crippen LogP contribution in [0.4, 0.5) is 17.6 Å². The molecule has 5 heteroatoms. The average molecular weight is 158 g/mol. The van der Waals surface area contributed by atoms with Crippen molar-refractivity contribution in [2.75, 3.05) is 0 Å². The van der Waals surface area contributed by atoms with Gasteiger partial charge in [0.15, 0.2) is 0 Å². The van der Waals surface area contributed by atoms with E-state index in [4.69, 9.17) is 0 Å². The number of halogens is 4. The first-order valence-corrected chi connectivity index (χ1v) is 2.75. The minimum atomic E-state index is -1.97. The number of hydrogen-bond acceptors (Lipinski definition) is 1. The first-order valence-electron chi connectivity index (χ1n) is 1.80. The van der Waals surface area contributed by atoms with E-state index in [2.05, 4.69) is 0 Å². The molecule has 0 rings (SSSR count). The van der Waals surface area contributed by atoms with Crippen LogP contribution in [0.2, 0.25) is 0 Å². The van der Waals surface area contributed by atoms with Crippen LogP contribution in [0.15, 0.2) is 23.0 Å². The van der Waals surface area contributed by atoms with Gasteiger partial charge in [0.05, 0.1) is 0 Å². The predicted molar refractivity (Wildman–Crippen MR) is 28.2 cm³/mol. The summed E-state index contributed by atoms with van der Waals surface area (Å²) in [7, 11) is 0. The molecule has 0 amide bonds. The van der Waals surface area contributed by atoms with Crippen molar-refractivity contribution in [2.24, 2.45) is 0 Å². The Balaban J connectivity index is 3.53. The predicted octanol–water partition coefficient (Wildman–Crippen LogP) is 3.20. The van der Waals surface area contributed by atoms with Crippen LogP contribution in [-0.4, -0.2) is 0 Å². The fourth-order valence-corrected chi connectivity index (χ4v) is 0.411.